The van der Waals surface area contributed by atoms with Gasteiger partial charge in [-0.1, -0.05) is 42.5 Å². The van der Waals surface area contributed by atoms with Crippen LogP contribution in [0.3, 0.4) is 0 Å². The third-order valence-corrected chi connectivity index (χ3v) is 7.07. The number of benzene rings is 2. The third kappa shape index (κ3) is 4.44. The average Bonchev–Trinajstić information content (AvgIpc) is 3.58. The van der Waals surface area contributed by atoms with E-state index >= 15 is 0 Å². The van der Waals surface area contributed by atoms with Crippen molar-refractivity contribution >= 4 is 34.6 Å². The van der Waals surface area contributed by atoms with E-state index in [9.17, 15) is 14.4 Å². The largest absolute Gasteiger partial charge is 0.399 e. The van der Waals surface area contributed by atoms with E-state index in [0.717, 1.165) is 16.1 Å². The van der Waals surface area contributed by atoms with Crippen LogP contribution in [0.15, 0.2) is 60.0 Å². The van der Waals surface area contributed by atoms with Gasteiger partial charge in [0.1, 0.15) is 29.4 Å². The van der Waals surface area contributed by atoms with Crippen LogP contribution in [0, 0.1) is 0 Å². The summed E-state index contributed by atoms with van der Waals surface area (Å²) in [6.07, 6.45) is 0.608. The van der Waals surface area contributed by atoms with E-state index < -0.39 is 18.0 Å². The number of hydrogen-bond acceptors (Lipinski definition) is 7. The van der Waals surface area contributed by atoms with E-state index in [1.807, 2.05) is 42.5 Å². The molecule has 0 aliphatic carbocycles. The normalized spacial score (nSPS) is 20.2. The molecule has 2 aliphatic rings. The highest BCUT2D eigenvalue weighted by atomic mass is 32.1. The maximum absolute atomic E-state index is 13.6. The number of nitrogen functional groups attached to an aromatic ring is 1. The number of ether oxygens (including phenoxy) is 1. The minimum Gasteiger partial charge on any atom is -0.399 e. The van der Waals surface area contributed by atoms with Crippen LogP contribution in [0.25, 0.3) is 10.6 Å². The summed E-state index contributed by atoms with van der Waals surface area (Å²) in [4.78, 5) is 45.0. The quantitative estimate of drug-likeness (QED) is 0.528. The SMILES string of the molecule is Nc1ccc(CC(NC(=O)c2csc(-c3ccccc3)n2)C(=O)N2CCC3OCC(=O)C32)cc1. The highest BCUT2D eigenvalue weighted by molar-refractivity contribution is 7.13. The predicted molar refractivity (Wildman–Crippen MR) is 128 cm³/mol. The summed E-state index contributed by atoms with van der Waals surface area (Å²) in [5.74, 6) is -0.826. The molecule has 34 heavy (non-hydrogen) atoms. The molecule has 9 heteroatoms. The number of likely N-dealkylation sites (tertiary alicyclic amines) is 1. The van der Waals surface area contributed by atoms with E-state index in [1.54, 1.807) is 22.4 Å². The molecular formula is C25H24N4O4S. The molecule has 1 aromatic heterocycles. The van der Waals surface area contributed by atoms with Crippen LogP contribution >= 0.6 is 11.3 Å². The first-order valence-corrected chi connectivity index (χ1v) is 12.0. The summed E-state index contributed by atoms with van der Waals surface area (Å²) in [7, 11) is 0. The first-order valence-electron chi connectivity index (χ1n) is 11.1. The number of anilines is 1. The summed E-state index contributed by atoms with van der Waals surface area (Å²) in [5, 5.41) is 5.27. The van der Waals surface area contributed by atoms with Gasteiger partial charge in [-0.05, 0) is 24.1 Å². The number of fused-ring (bicyclic) bond motifs is 1. The maximum Gasteiger partial charge on any atom is 0.271 e. The first-order chi connectivity index (χ1) is 16.5. The van der Waals surface area contributed by atoms with Gasteiger partial charge in [-0.3, -0.25) is 14.4 Å². The summed E-state index contributed by atoms with van der Waals surface area (Å²) >= 11 is 1.37. The molecule has 3 heterocycles. The Labute approximate surface area is 200 Å². The van der Waals surface area contributed by atoms with Crippen molar-refractivity contribution in [1.82, 2.24) is 15.2 Å². The molecule has 174 valence electrons. The van der Waals surface area contributed by atoms with E-state index in [4.69, 9.17) is 10.5 Å². The van der Waals surface area contributed by atoms with Gasteiger partial charge < -0.3 is 20.7 Å². The van der Waals surface area contributed by atoms with Crippen molar-refractivity contribution in [3.63, 3.8) is 0 Å². The Hall–Kier alpha value is -3.56. The zero-order valence-corrected chi connectivity index (χ0v) is 19.2. The topological polar surface area (TPSA) is 115 Å². The van der Waals surface area contributed by atoms with Crippen molar-refractivity contribution in [2.75, 3.05) is 18.9 Å². The molecule has 2 fully saturated rings. The van der Waals surface area contributed by atoms with Gasteiger partial charge in [-0.15, -0.1) is 11.3 Å². The Morgan fingerprint density at radius 1 is 1.18 bits per heavy atom. The van der Waals surface area contributed by atoms with Crippen molar-refractivity contribution in [1.29, 1.82) is 0 Å². The molecule has 0 saturated carbocycles. The number of nitrogens with one attached hydrogen (secondary N) is 1. The fraction of sp³-hybridized carbons (Fsp3) is 0.280. The van der Waals surface area contributed by atoms with Gasteiger partial charge in [0.15, 0.2) is 5.78 Å². The second kappa shape index (κ2) is 9.36. The van der Waals surface area contributed by atoms with Crippen LogP contribution in [0.5, 0.6) is 0 Å². The van der Waals surface area contributed by atoms with Gasteiger partial charge in [-0.2, -0.15) is 0 Å². The van der Waals surface area contributed by atoms with E-state index in [0.29, 0.717) is 18.7 Å². The number of nitrogens with two attached hydrogens (primary N) is 1. The highest BCUT2D eigenvalue weighted by Gasteiger charge is 2.48. The van der Waals surface area contributed by atoms with Crippen molar-refractivity contribution in [3.8, 4) is 10.6 Å². The lowest BCUT2D eigenvalue weighted by Crippen LogP contribution is -2.53. The molecule has 3 unspecified atom stereocenters. The minimum atomic E-state index is -0.856. The number of hydrogen-bond donors (Lipinski definition) is 2. The number of ketones is 1. The smallest absolute Gasteiger partial charge is 0.271 e. The van der Waals surface area contributed by atoms with Crippen molar-refractivity contribution in [2.24, 2.45) is 0 Å². The lowest BCUT2D eigenvalue weighted by molar-refractivity contribution is -0.138. The number of carbonyl (C=O) groups excluding carboxylic acids is 3. The number of nitrogens with zero attached hydrogens (tertiary/aromatic N) is 2. The molecule has 3 atom stereocenters. The zero-order valence-electron chi connectivity index (χ0n) is 18.3. The van der Waals surface area contributed by atoms with Gasteiger partial charge in [0, 0.05) is 29.6 Å². The number of Topliss-reactive ketones (excluding diaryl/α,β-unsaturated/α-hetero) is 1. The van der Waals surface area contributed by atoms with Gasteiger partial charge in [0.2, 0.25) is 5.91 Å². The van der Waals surface area contributed by atoms with Crippen molar-refractivity contribution < 1.29 is 19.1 Å². The van der Waals surface area contributed by atoms with Crippen LogP contribution in [0.2, 0.25) is 0 Å². The lowest BCUT2D eigenvalue weighted by atomic mass is 10.0. The molecule has 3 N–H and O–H groups in total. The summed E-state index contributed by atoms with van der Waals surface area (Å²) in [5.41, 5.74) is 8.42. The highest BCUT2D eigenvalue weighted by Crippen LogP contribution is 2.28. The molecule has 2 aromatic carbocycles. The molecule has 8 nitrogen and oxygen atoms in total. The molecule has 2 aliphatic heterocycles. The van der Waals surface area contributed by atoms with Crippen molar-refractivity contribution in [2.45, 2.75) is 31.0 Å². The van der Waals surface area contributed by atoms with Gasteiger partial charge in [-0.25, -0.2) is 4.98 Å². The number of carbonyl (C=O) groups is 3. The Bertz CT molecular complexity index is 1210. The minimum absolute atomic E-state index is 0.0230. The van der Waals surface area contributed by atoms with E-state index in [1.165, 1.54) is 11.3 Å². The van der Waals surface area contributed by atoms with E-state index in [2.05, 4.69) is 10.3 Å². The third-order valence-electron chi connectivity index (χ3n) is 6.18. The Morgan fingerprint density at radius 3 is 2.71 bits per heavy atom. The van der Waals surface area contributed by atoms with Gasteiger partial charge >= 0.3 is 0 Å². The molecule has 5 rings (SSSR count). The molecular weight excluding hydrogens is 452 g/mol. The predicted octanol–water partition coefficient (Wildman–Crippen LogP) is 2.30. The second-order valence-electron chi connectivity index (χ2n) is 8.46. The maximum atomic E-state index is 13.6. The second-order valence-corrected chi connectivity index (χ2v) is 9.31. The standard InChI is InChI=1S/C25H24N4O4S/c26-17-8-6-15(7-9-17)12-18(25(32)29-11-10-21-22(29)20(30)13-33-21)27-23(31)19-14-34-24(28-19)16-4-2-1-3-5-16/h1-9,14,18,21-22H,10-13,26H2,(H,27,31). The Kier molecular flexibility index (Phi) is 6.12. The van der Waals surface area contributed by atoms with Crippen LogP contribution in [0.1, 0.15) is 22.5 Å². The lowest BCUT2D eigenvalue weighted by Gasteiger charge is -2.27. The molecule has 0 bridgehead atoms. The number of amides is 2. The van der Waals surface area contributed by atoms with Crippen LogP contribution < -0.4 is 11.1 Å². The molecule has 2 amide bonds. The Morgan fingerprint density at radius 2 is 1.94 bits per heavy atom. The molecule has 0 spiro atoms. The van der Waals surface area contributed by atoms with Crippen molar-refractivity contribution in [3.05, 3.63) is 71.2 Å². The first kappa shape index (κ1) is 22.2. The van der Waals surface area contributed by atoms with Crippen LogP contribution in [0.4, 0.5) is 5.69 Å². The van der Waals surface area contributed by atoms with E-state index in [-0.39, 0.29) is 36.5 Å². The van der Waals surface area contributed by atoms with Gasteiger partial charge in [0.05, 0.1) is 6.10 Å². The van der Waals surface area contributed by atoms with Crippen LogP contribution in [-0.4, -0.2) is 58.8 Å². The Balaban J connectivity index is 1.37. The van der Waals surface area contributed by atoms with Crippen LogP contribution in [-0.2, 0) is 20.7 Å². The summed E-state index contributed by atoms with van der Waals surface area (Å²) in [6, 6.07) is 15.3. The molecule has 2 saturated heterocycles. The summed E-state index contributed by atoms with van der Waals surface area (Å²) in [6.45, 7) is 0.443. The number of thiazole rings is 1. The fourth-order valence-corrected chi connectivity index (χ4v) is 5.26. The summed E-state index contributed by atoms with van der Waals surface area (Å²) < 4.78 is 5.52. The number of aromatic nitrogens is 1. The average molecular weight is 477 g/mol. The van der Waals surface area contributed by atoms with Gasteiger partial charge in [0.25, 0.3) is 5.91 Å². The fourth-order valence-electron chi connectivity index (χ4n) is 4.45. The zero-order chi connectivity index (χ0) is 23.7. The molecule has 3 aromatic rings. The molecule has 0 radical (unpaired) electrons. The number of rotatable bonds is 6. The monoisotopic (exact) mass is 476 g/mol.